The maximum Gasteiger partial charge on any atom is 0.317 e. The summed E-state index contributed by atoms with van der Waals surface area (Å²) in [5.41, 5.74) is 2.38. The molecule has 2 N–H and O–H groups in total. The summed E-state index contributed by atoms with van der Waals surface area (Å²) in [5.74, 6) is 0. The number of nitrogens with zero attached hydrogens (tertiary/aromatic N) is 1. The van der Waals surface area contributed by atoms with Gasteiger partial charge in [0, 0.05) is 13.1 Å². The molecule has 0 radical (unpaired) electrons. The Labute approximate surface area is 149 Å². The molecule has 0 aromatic heterocycles. The molecule has 1 aliphatic rings. The van der Waals surface area contributed by atoms with Crippen LogP contribution in [0.4, 0.5) is 4.79 Å². The summed E-state index contributed by atoms with van der Waals surface area (Å²) >= 11 is 0. The molecule has 2 atom stereocenters. The fraction of sp³-hybridized carbons (Fsp3) is 0.381. The minimum atomic E-state index is -0.404. The van der Waals surface area contributed by atoms with E-state index in [1.165, 1.54) is 5.56 Å². The van der Waals surface area contributed by atoms with Crippen molar-refractivity contribution in [1.82, 2.24) is 10.2 Å². The van der Waals surface area contributed by atoms with Gasteiger partial charge >= 0.3 is 6.03 Å². The lowest BCUT2D eigenvalue weighted by atomic mass is 9.99. The van der Waals surface area contributed by atoms with Gasteiger partial charge in [-0.2, -0.15) is 0 Å². The van der Waals surface area contributed by atoms with E-state index in [2.05, 4.69) is 29.6 Å². The van der Waals surface area contributed by atoms with E-state index in [0.29, 0.717) is 13.1 Å². The van der Waals surface area contributed by atoms with Gasteiger partial charge in [0.15, 0.2) is 0 Å². The molecule has 132 valence electrons. The third kappa shape index (κ3) is 5.07. The summed E-state index contributed by atoms with van der Waals surface area (Å²) in [5, 5.41) is 13.0. The fourth-order valence-corrected chi connectivity index (χ4v) is 3.34. The smallest absolute Gasteiger partial charge is 0.317 e. The molecule has 1 aliphatic heterocycles. The van der Waals surface area contributed by atoms with Crippen LogP contribution in [0, 0.1) is 0 Å². The molecule has 0 saturated carbocycles. The van der Waals surface area contributed by atoms with Gasteiger partial charge in [-0.1, -0.05) is 60.7 Å². The Kier molecular flexibility index (Phi) is 6.07. The molecule has 0 aliphatic carbocycles. The molecule has 2 unspecified atom stereocenters. The number of nitrogens with one attached hydrogen (secondary N) is 1. The summed E-state index contributed by atoms with van der Waals surface area (Å²) < 4.78 is 0. The number of aliphatic hydroxyl groups is 1. The van der Waals surface area contributed by atoms with Crippen molar-refractivity contribution in [3.8, 4) is 0 Å². The quantitative estimate of drug-likeness (QED) is 0.876. The minimum Gasteiger partial charge on any atom is -0.391 e. The Bertz CT molecular complexity index is 660. The molecule has 2 amide bonds. The number of hydrogen-bond acceptors (Lipinski definition) is 2. The van der Waals surface area contributed by atoms with E-state index in [9.17, 15) is 9.90 Å². The number of benzene rings is 2. The maximum atomic E-state index is 12.6. The Morgan fingerprint density at radius 3 is 2.48 bits per heavy atom. The van der Waals surface area contributed by atoms with Crippen molar-refractivity contribution in [1.29, 1.82) is 0 Å². The van der Waals surface area contributed by atoms with Gasteiger partial charge in [-0.15, -0.1) is 0 Å². The highest BCUT2D eigenvalue weighted by Gasteiger charge is 2.24. The molecule has 25 heavy (non-hydrogen) atoms. The standard InChI is InChI=1S/C21H26N2O2/c24-19-12-7-15-23(16-19)21(25)22-20(18-10-5-2-6-11-18)14-13-17-8-3-1-4-9-17/h1-6,8-11,19-20,24H,7,12-16H2,(H,22,25). The van der Waals surface area contributed by atoms with Crippen LogP contribution in [0.3, 0.4) is 0 Å². The van der Waals surface area contributed by atoms with E-state index >= 15 is 0 Å². The number of hydrogen-bond donors (Lipinski definition) is 2. The third-order valence-electron chi connectivity index (χ3n) is 4.75. The van der Waals surface area contributed by atoms with Gasteiger partial charge in [0.1, 0.15) is 0 Å². The van der Waals surface area contributed by atoms with Crippen LogP contribution in [0.1, 0.15) is 36.4 Å². The van der Waals surface area contributed by atoms with Gasteiger partial charge in [-0.3, -0.25) is 0 Å². The first-order valence-electron chi connectivity index (χ1n) is 9.05. The second-order valence-corrected chi connectivity index (χ2v) is 6.68. The highest BCUT2D eigenvalue weighted by atomic mass is 16.3. The van der Waals surface area contributed by atoms with E-state index < -0.39 is 6.10 Å². The van der Waals surface area contributed by atoms with Crippen LogP contribution in [0.25, 0.3) is 0 Å². The van der Waals surface area contributed by atoms with Crippen LogP contribution in [0.2, 0.25) is 0 Å². The molecule has 3 rings (SSSR count). The SMILES string of the molecule is O=C(NC(CCc1ccccc1)c1ccccc1)N1CCCC(O)C1. The van der Waals surface area contributed by atoms with Crippen LogP contribution in [-0.2, 0) is 6.42 Å². The molecule has 1 heterocycles. The van der Waals surface area contributed by atoms with E-state index in [1.54, 1.807) is 4.90 Å². The van der Waals surface area contributed by atoms with Gasteiger partial charge in [0.05, 0.1) is 12.1 Å². The van der Waals surface area contributed by atoms with E-state index in [-0.39, 0.29) is 12.1 Å². The first-order chi connectivity index (χ1) is 12.2. The average molecular weight is 338 g/mol. The van der Waals surface area contributed by atoms with Gasteiger partial charge in [0.2, 0.25) is 0 Å². The van der Waals surface area contributed by atoms with Gasteiger partial charge in [-0.05, 0) is 36.8 Å². The number of aryl methyl sites for hydroxylation is 1. The topological polar surface area (TPSA) is 52.6 Å². The van der Waals surface area contributed by atoms with Crippen molar-refractivity contribution < 1.29 is 9.90 Å². The van der Waals surface area contributed by atoms with Crippen LogP contribution >= 0.6 is 0 Å². The summed E-state index contributed by atoms with van der Waals surface area (Å²) in [6.45, 7) is 1.13. The zero-order chi connectivity index (χ0) is 17.5. The van der Waals surface area contributed by atoms with Crippen LogP contribution in [0.15, 0.2) is 60.7 Å². The lowest BCUT2D eigenvalue weighted by Crippen LogP contribution is -2.48. The summed E-state index contributed by atoms with van der Waals surface area (Å²) in [6.07, 6.45) is 2.98. The first-order valence-corrected chi connectivity index (χ1v) is 9.05. The normalized spacial score (nSPS) is 18.6. The van der Waals surface area contributed by atoms with E-state index in [4.69, 9.17) is 0 Å². The summed E-state index contributed by atoms with van der Waals surface area (Å²) in [7, 11) is 0. The van der Waals surface area contributed by atoms with Crippen LogP contribution < -0.4 is 5.32 Å². The molecule has 1 fully saturated rings. The Morgan fingerprint density at radius 2 is 1.80 bits per heavy atom. The highest BCUT2D eigenvalue weighted by molar-refractivity contribution is 5.75. The number of β-amino-alcohol motifs (C(OH)–C–C–N with tert-alkyl or cyclic N) is 1. The monoisotopic (exact) mass is 338 g/mol. The lowest BCUT2D eigenvalue weighted by molar-refractivity contribution is 0.0832. The molecule has 0 spiro atoms. The number of carbonyl (C=O) groups is 1. The molecule has 1 saturated heterocycles. The van der Waals surface area contributed by atoms with Crippen molar-refractivity contribution in [3.05, 3.63) is 71.8 Å². The molecular formula is C21H26N2O2. The van der Waals surface area contributed by atoms with Crippen molar-refractivity contribution in [2.24, 2.45) is 0 Å². The third-order valence-corrected chi connectivity index (χ3v) is 4.75. The van der Waals surface area contributed by atoms with Gasteiger partial charge in [-0.25, -0.2) is 4.79 Å². The zero-order valence-electron chi connectivity index (χ0n) is 14.5. The summed E-state index contributed by atoms with van der Waals surface area (Å²) in [4.78, 5) is 14.4. The molecule has 4 heteroatoms. The molecule has 4 nitrogen and oxygen atoms in total. The second-order valence-electron chi connectivity index (χ2n) is 6.68. The number of urea groups is 1. The average Bonchev–Trinajstić information content (AvgIpc) is 2.66. The first kappa shape index (κ1) is 17.5. The Balaban J connectivity index is 1.67. The van der Waals surface area contributed by atoms with E-state index in [0.717, 1.165) is 31.2 Å². The largest absolute Gasteiger partial charge is 0.391 e. The van der Waals surface area contributed by atoms with E-state index in [1.807, 2.05) is 36.4 Å². The molecular weight excluding hydrogens is 312 g/mol. The van der Waals surface area contributed by atoms with Crippen LogP contribution in [0.5, 0.6) is 0 Å². The number of piperidine rings is 1. The Morgan fingerprint density at radius 1 is 1.12 bits per heavy atom. The Hall–Kier alpha value is -2.33. The fourth-order valence-electron chi connectivity index (χ4n) is 3.34. The van der Waals surface area contributed by atoms with Crippen LogP contribution in [-0.4, -0.2) is 35.2 Å². The van der Waals surface area contributed by atoms with Gasteiger partial charge in [0.25, 0.3) is 0 Å². The predicted molar refractivity (Wildman–Crippen MR) is 99.3 cm³/mol. The predicted octanol–water partition coefficient (Wildman–Crippen LogP) is 3.53. The minimum absolute atomic E-state index is 0.0343. The van der Waals surface area contributed by atoms with Crippen molar-refractivity contribution in [2.45, 2.75) is 37.8 Å². The summed E-state index contributed by atoms with van der Waals surface area (Å²) in [6, 6.07) is 20.3. The highest BCUT2D eigenvalue weighted by Crippen LogP contribution is 2.20. The van der Waals surface area contributed by atoms with Crippen molar-refractivity contribution in [2.75, 3.05) is 13.1 Å². The van der Waals surface area contributed by atoms with Crippen molar-refractivity contribution >= 4 is 6.03 Å². The molecule has 2 aromatic rings. The molecule has 2 aromatic carbocycles. The maximum absolute atomic E-state index is 12.6. The second kappa shape index (κ2) is 8.67. The number of amides is 2. The number of carbonyl (C=O) groups excluding carboxylic acids is 1. The molecule has 0 bridgehead atoms. The van der Waals surface area contributed by atoms with Gasteiger partial charge < -0.3 is 15.3 Å². The lowest BCUT2D eigenvalue weighted by Gasteiger charge is -2.32. The number of aliphatic hydroxyl groups excluding tert-OH is 1. The number of likely N-dealkylation sites (tertiary alicyclic amines) is 1. The van der Waals surface area contributed by atoms with Crippen molar-refractivity contribution in [3.63, 3.8) is 0 Å². The zero-order valence-corrected chi connectivity index (χ0v) is 14.5. The number of rotatable bonds is 5.